The first-order valence-electron chi connectivity index (χ1n) is 6.65. The average molecular weight is 302 g/mol. The molecule has 1 saturated heterocycles. The predicted molar refractivity (Wildman–Crippen MR) is 81.4 cm³/mol. The number of anilines is 1. The monoisotopic (exact) mass is 302 g/mol. The fourth-order valence-corrected chi connectivity index (χ4v) is 3.94. The van der Waals surface area contributed by atoms with E-state index in [1.165, 1.54) is 12.8 Å². The van der Waals surface area contributed by atoms with E-state index in [1.807, 2.05) is 19.0 Å². The van der Waals surface area contributed by atoms with Crippen LogP contribution in [0.2, 0.25) is 0 Å². The maximum absolute atomic E-state index is 5.59. The third-order valence-electron chi connectivity index (χ3n) is 2.91. The molecule has 2 atom stereocenters. The van der Waals surface area contributed by atoms with Crippen molar-refractivity contribution in [2.45, 2.75) is 35.5 Å². The van der Waals surface area contributed by atoms with Gasteiger partial charge in [0.25, 0.3) is 0 Å². The minimum atomic E-state index is 0.416. The smallest absolute Gasteiger partial charge is 0.208 e. The van der Waals surface area contributed by atoms with Crippen molar-refractivity contribution in [1.82, 2.24) is 15.5 Å². The molecule has 0 amide bonds. The van der Waals surface area contributed by atoms with Crippen LogP contribution < -0.4 is 10.2 Å². The molecule has 7 heteroatoms. The third-order valence-corrected chi connectivity index (χ3v) is 5.18. The average Bonchev–Trinajstić information content (AvgIpc) is 3.00. The van der Waals surface area contributed by atoms with Crippen LogP contribution >= 0.6 is 23.1 Å². The molecule has 1 aromatic heterocycles. The Hall–Kier alpha value is -0.370. The van der Waals surface area contributed by atoms with Crippen molar-refractivity contribution in [3.63, 3.8) is 0 Å². The van der Waals surface area contributed by atoms with Gasteiger partial charge in [-0.1, -0.05) is 30.0 Å². The highest BCUT2D eigenvalue weighted by atomic mass is 32.2. The molecule has 1 fully saturated rings. The summed E-state index contributed by atoms with van der Waals surface area (Å²) in [5.41, 5.74) is 0. The van der Waals surface area contributed by atoms with Gasteiger partial charge in [0.1, 0.15) is 0 Å². The highest BCUT2D eigenvalue weighted by molar-refractivity contribution is 8.01. The number of ether oxygens (including phenoxy) is 1. The van der Waals surface area contributed by atoms with E-state index < -0.39 is 0 Å². The predicted octanol–water partition coefficient (Wildman–Crippen LogP) is 1.85. The van der Waals surface area contributed by atoms with Crippen molar-refractivity contribution in [2.75, 3.05) is 38.7 Å². The van der Waals surface area contributed by atoms with Crippen LogP contribution in [-0.2, 0) is 4.74 Å². The number of aromatic nitrogens is 2. The first-order chi connectivity index (χ1) is 9.15. The van der Waals surface area contributed by atoms with Crippen LogP contribution in [0.4, 0.5) is 5.13 Å². The Morgan fingerprint density at radius 3 is 3.00 bits per heavy atom. The van der Waals surface area contributed by atoms with E-state index in [2.05, 4.69) is 22.4 Å². The number of thioether (sulfide) groups is 1. The Morgan fingerprint density at radius 2 is 2.37 bits per heavy atom. The Kier molecular flexibility index (Phi) is 5.87. The van der Waals surface area contributed by atoms with Crippen molar-refractivity contribution in [1.29, 1.82) is 0 Å². The van der Waals surface area contributed by atoms with Gasteiger partial charge in [-0.2, -0.15) is 0 Å². The topological polar surface area (TPSA) is 50.3 Å². The molecule has 1 N–H and O–H groups in total. The normalized spacial score (nSPS) is 20.7. The van der Waals surface area contributed by atoms with Gasteiger partial charge in [-0.3, -0.25) is 0 Å². The SMILES string of the molecule is CC(CNCC1CCCO1)Sc1nnc(N(C)C)s1. The van der Waals surface area contributed by atoms with Crippen LogP contribution in [0.3, 0.4) is 0 Å². The van der Waals surface area contributed by atoms with Gasteiger partial charge in [0.15, 0.2) is 4.34 Å². The van der Waals surface area contributed by atoms with Gasteiger partial charge in [-0.15, -0.1) is 10.2 Å². The van der Waals surface area contributed by atoms with Gasteiger partial charge in [0.05, 0.1) is 6.10 Å². The molecule has 1 aliphatic heterocycles. The molecule has 0 aromatic carbocycles. The van der Waals surface area contributed by atoms with Gasteiger partial charge in [0.2, 0.25) is 5.13 Å². The molecular formula is C12H22N4OS2. The molecule has 1 aliphatic rings. The van der Waals surface area contributed by atoms with Gasteiger partial charge >= 0.3 is 0 Å². The van der Waals surface area contributed by atoms with E-state index in [-0.39, 0.29) is 0 Å². The molecule has 0 bridgehead atoms. The van der Waals surface area contributed by atoms with E-state index in [0.29, 0.717) is 11.4 Å². The highest BCUT2D eigenvalue weighted by Crippen LogP contribution is 2.29. The number of nitrogens with zero attached hydrogens (tertiary/aromatic N) is 3. The van der Waals surface area contributed by atoms with Crippen LogP contribution in [0.5, 0.6) is 0 Å². The summed E-state index contributed by atoms with van der Waals surface area (Å²) in [5.74, 6) is 0. The Bertz CT molecular complexity index is 380. The first kappa shape index (κ1) is 15.0. The molecule has 2 heterocycles. The number of rotatable bonds is 7. The number of hydrogen-bond acceptors (Lipinski definition) is 7. The van der Waals surface area contributed by atoms with Crippen LogP contribution in [-0.4, -0.2) is 55.3 Å². The largest absolute Gasteiger partial charge is 0.377 e. The summed E-state index contributed by atoms with van der Waals surface area (Å²) in [4.78, 5) is 1.99. The molecule has 5 nitrogen and oxygen atoms in total. The zero-order chi connectivity index (χ0) is 13.7. The van der Waals surface area contributed by atoms with E-state index in [9.17, 15) is 0 Å². The molecule has 0 saturated carbocycles. The zero-order valence-corrected chi connectivity index (χ0v) is 13.4. The van der Waals surface area contributed by atoms with Gasteiger partial charge in [0, 0.05) is 39.0 Å². The maximum Gasteiger partial charge on any atom is 0.208 e. The number of nitrogens with one attached hydrogen (secondary N) is 1. The summed E-state index contributed by atoms with van der Waals surface area (Å²) in [6.07, 6.45) is 2.81. The molecule has 2 rings (SSSR count). The molecule has 0 spiro atoms. The van der Waals surface area contributed by atoms with Crippen molar-refractivity contribution in [3.05, 3.63) is 0 Å². The van der Waals surface area contributed by atoms with Crippen LogP contribution in [0.1, 0.15) is 19.8 Å². The Labute approximate surface area is 123 Å². The van der Waals surface area contributed by atoms with Gasteiger partial charge in [-0.25, -0.2) is 0 Å². The maximum atomic E-state index is 5.59. The van der Waals surface area contributed by atoms with Crippen molar-refractivity contribution >= 4 is 28.2 Å². The lowest BCUT2D eigenvalue weighted by molar-refractivity contribution is 0.110. The second-order valence-corrected chi connectivity index (χ2v) is 7.61. The van der Waals surface area contributed by atoms with E-state index >= 15 is 0 Å². The fraction of sp³-hybridized carbons (Fsp3) is 0.833. The third kappa shape index (κ3) is 4.91. The number of hydrogen-bond donors (Lipinski definition) is 1. The van der Waals surface area contributed by atoms with Gasteiger partial charge < -0.3 is 15.0 Å². The summed E-state index contributed by atoms with van der Waals surface area (Å²) in [5, 5.41) is 13.3. The highest BCUT2D eigenvalue weighted by Gasteiger charge is 2.16. The quantitative estimate of drug-likeness (QED) is 0.776. The molecular weight excluding hydrogens is 280 g/mol. The van der Waals surface area contributed by atoms with Crippen LogP contribution in [0.25, 0.3) is 0 Å². The summed E-state index contributed by atoms with van der Waals surface area (Å²) < 4.78 is 6.62. The summed E-state index contributed by atoms with van der Waals surface area (Å²) in [7, 11) is 3.98. The minimum Gasteiger partial charge on any atom is -0.377 e. The molecule has 19 heavy (non-hydrogen) atoms. The van der Waals surface area contributed by atoms with Crippen molar-refractivity contribution < 1.29 is 4.74 Å². The first-order valence-corrected chi connectivity index (χ1v) is 8.34. The fourth-order valence-electron chi connectivity index (χ4n) is 1.90. The second kappa shape index (κ2) is 7.42. The molecule has 0 radical (unpaired) electrons. The van der Waals surface area contributed by atoms with Crippen LogP contribution in [0, 0.1) is 0 Å². The standard InChI is InChI=1S/C12H22N4OS2/c1-9(7-13-8-10-5-4-6-17-10)18-12-15-14-11(19-12)16(2)3/h9-10,13H,4-8H2,1-3H3. The summed E-state index contributed by atoms with van der Waals surface area (Å²) in [6.45, 7) is 5.07. The van der Waals surface area contributed by atoms with Crippen molar-refractivity contribution in [3.8, 4) is 0 Å². The molecule has 0 aliphatic carbocycles. The molecule has 108 valence electrons. The summed E-state index contributed by atoms with van der Waals surface area (Å²) >= 11 is 3.42. The van der Waals surface area contributed by atoms with E-state index in [4.69, 9.17) is 4.74 Å². The minimum absolute atomic E-state index is 0.416. The second-order valence-electron chi connectivity index (χ2n) is 4.97. The van der Waals surface area contributed by atoms with Gasteiger partial charge in [-0.05, 0) is 12.8 Å². The summed E-state index contributed by atoms with van der Waals surface area (Å²) in [6, 6.07) is 0. The lowest BCUT2D eigenvalue weighted by Crippen LogP contribution is -2.30. The lowest BCUT2D eigenvalue weighted by atomic mass is 10.2. The molecule has 2 unspecified atom stereocenters. The molecule has 1 aromatic rings. The Morgan fingerprint density at radius 1 is 1.53 bits per heavy atom. The Balaban J connectivity index is 1.66. The van der Waals surface area contributed by atoms with Crippen LogP contribution in [0.15, 0.2) is 4.34 Å². The van der Waals surface area contributed by atoms with E-state index in [0.717, 1.165) is 29.2 Å². The zero-order valence-electron chi connectivity index (χ0n) is 11.8. The van der Waals surface area contributed by atoms with Crippen molar-refractivity contribution in [2.24, 2.45) is 0 Å². The lowest BCUT2D eigenvalue weighted by Gasteiger charge is -2.13. The van der Waals surface area contributed by atoms with E-state index in [1.54, 1.807) is 23.1 Å².